The second-order valence-electron chi connectivity index (χ2n) is 5.40. The number of piperidine rings is 1. The molecule has 0 spiro atoms. The molecule has 128 valence electrons. The van der Waals surface area contributed by atoms with Gasteiger partial charge in [0.25, 0.3) is 5.91 Å². The smallest absolute Gasteiger partial charge is 0.387 e. The number of alkyl halides is 2. The zero-order valence-electron chi connectivity index (χ0n) is 13.2. The van der Waals surface area contributed by atoms with Crippen LogP contribution < -0.4 is 14.8 Å². The molecule has 0 bridgehead atoms. The third-order valence-corrected chi connectivity index (χ3v) is 3.81. The van der Waals surface area contributed by atoms with Crippen LogP contribution in [-0.4, -0.2) is 50.7 Å². The summed E-state index contributed by atoms with van der Waals surface area (Å²) in [5.41, 5.74) is 0.0738. The van der Waals surface area contributed by atoms with Gasteiger partial charge in [0.2, 0.25) is 0 Å². The van der Waals surface area contributed by atoms with E-state index in [-0.39, 0.29) is 11.3 Å². The van der Waals surface area contributed by atoms with E-state index in [1.54, 1.807) is 0 Å². The van der Waals surface area contributed by atoms with E-state index >= 15 is 0 Å². The fraction of sp³-hybridized carbons (Fsp3) is 0.562. The molecule has 0 saturated carbocycles. The highest BCUT2D eigenvalue weighted by Gasteiger charge is 2.17. The van der Waals surface area contributed by atoms with E-state index in [0.717, 1.165) is 19.6 Å². The molecule has 0 unspecified atom stereocenters. The van der Waals surface area contributed by atoms with Crippen LogP contribution in [0.4, 0.5) is 8.78 Å². The Bertz CT molecular complexity index is 520. The van der Waals surface area contributed by atoms with Gasteiger partial charge in [-0.25, -0.2) is 0 Å². The second-order valence-corrected chi connectivity index (χ2v) is 5.40. The molecule has 1 aliphatic rings. The SMILES string of the molecule is COc1ccc(C(=O)NCCN2CCCCC2)c(OC(F)F)c1. The molecule has 0 aromatic heterocycles. The van der Waals surface area contributed by atoms with Crippen LogP contribution in [0.1, 0.15) is 29.6 Å². The summed E-state index contributed by atoms with van der Waals surface area (Å²) in [6, 6.07) is 4.25. The van der Waals surface area contributed by atoms with Gasteiger partial charge in [0.15, 0.2) is 0 Å². The van der Waals surface area contributed by atoms with Crippen LogP contribution in [0.15, 0.2) is 18.2 Å². The molecule has 1 aromatic rings. The minimum atomic E-state index is -3.00. The van der Waals surface area contributed by atoms with Gasteiger partial charge in [0.05, 0.1) is 12.7 Å². The van der Waals surface area contributed by atoms with Crippen LogP contribution in [0.25, 0.3) is 0 Å². The summed E-state index contributed by atoms with van der Waals surface area (Å²) < 4.78 is 34.4. The number of benzene rings is 1. The van der Waals surface area contributed by atoms with Crippen LogP contribution in [0.2, 0.25) is 0 Å². The number of rotatable bonds is 7. The predicted octanol–water partition coefficient (Wildman–Crippen LogP) is 2.51. The molecule has 1 heterocycles. The van der Waals surface area contributed by atoms with Gasteiger partial charge in [-0.2, -0.15) is 8.78 Å². The third-order valence-electron chi connectivity index (χ3n) is 3.81. The quantitative estimate of drug-likeness (QED) is 0.836. The summed E-state index contributed by atoms with van der Waals surface area (Å²) in [6.07, 6.45) is 3.61. The molecule has 5 nitrogen and oxygen atoms in total. The maximum Gasteiger partial charge on any atom is 0.387 e. The molecule has 1 amide bonds. The van der Waals surface area contributed by atoms with E-state index in [4.69, 9.17) is 4.74 Å². The summed E-state index contributed by atoms with van der Waals surface area (Å²) in [5.74, 6) is -0.263. The van der Waals surface area contributed by atoms with Crippen LogP contribution in [-0.2, 0) is 0 Å². The number of halogens is 2. The topological polar surface area (TPSA) is 50.8 Å². The van der Waals surface area contributed by atoms with Gasteiger partial charge in [-0.15, -0.1) is 0 Å². The lowest BCUT2D eigenvalue weighted by Crippen LogP contribution is -2.37. The molecule has 2 rings (SSSR count). The van der Waals surface area contributed by atoms with Crippen molar-refractivity contribution < 1.29 is 23.0 Å². The average Bonchev–Trinajstić information content (AvgIpc) is 2.55. The highest BCUT2D eigenvalue weighted by atomic mass is 19.3. The fourth-order valence-corrected chi connectivity index (χ4v) is 2.62. The lowest BCUT2D eigenvalue weighted by Gasteiger charge is -2.26. The van der Waals surface area contributed by atoms with E-state index < -0.39 is 12.5 Å². The first kappa shape index (κ1) is 17.5. The molecule has 1 N–H and O–H groups in total. The Kier molecular flexibility index (Phi) is 6.58. The maximum atomic E-state index is 12.5. The molecule has 23 heavy (non-hydrogen) atoms. The highest BCUT2D eigenvalue weighted by molar-refractivity contribution is 5.97. The first-order valence-electron chi connectivity index (χ1n) is 7.73. The summed E-state index contributed by atoms with van der Waals surface area (Å²) in [5, 5.41) is 2.75. The zero-order valence-corrected chi connectivity index (χ0v) is 13.2. The molecule has 1 saturated heterocycles. The summed E-state index contributed by atoms with van der Waals surface area (Å²) in [7, 11) is 1.42. The number of hydrogen-bond donors (Lipinski definition) is 1. The van der Waals surface area contributed by atoms with Crippen molar-refractivity contribution in [3.8, 4) is 11.5 Å². The van der Waals surface area contributed by atoms with Crippen molar-refractivity contribution in [2.75, 3.05) is 33.3 Å². The molecule has 7 heteroatoms. The lowest BCUT2D eigenvalue weighted by molar-refractivity contribution is -0.0502. The lowest BCUT2D eigenvalue weighted by atomic mass is 10.1. The highest BCUT2D eigenvalue weighted by Crippen LogP contribution is 2.26. The van der Waals surface area contributed by atoms with Crippen LogP contribution >= 0.6 is 0 Å². The second kappa shape index (κ2) is 8.67. The number of likely N-dealkylation sites (tertiary alicyclic amines) is 1. The summed E-state index contributed by atoms with van der Waals surface area (Å²) >= 11 is 0. The van der Waals surface area contributed by atoms with Gasteiger partial charge >= 0.3 is 6.61 Å². The number of hydrogen-bond acceptors (Lipinski definition) is 4. The number of amides is 1. The van der Waals surface area contributed by atoms with Gasteiger partial charge in [0.1, 0.15) is 11.5 Å². The van der Waals surface area contributed by atoms with Crippen molar-refractivity contribution in [2.24, 2.45) is 0 Å². The maximum absolute atomic E-state index is 12.5. The van der Waals surface area contributed by atoms with Crippen molar-refractivity contribution in [3.05, 3.63) is 23.8 Å². The zero-order chi connectivity index (χ0) is 16.7. The molecule has 1 aliphatic heterocycles. The minimum Gasteiger partial charge on any atom is -0.497 e. The normalized spacial score (nSPS) is 15.5. The minimum absolute atomic E-state index is 0.0738. The fourth-order valence-electron chi connectivity index (χ4n) is 2.62. The van der Waals surface area contributed by atoms with E-state index in [1.807, 2.05) is 0 Å². The van der Waals surface area contributed by atoms with Crippen molar-refractivity contribution in [2.45, 2.75) is 25.9 Å². The van der Waals surface area contributed by atoms with E-state index in [9.17, 15) is 13.6 Å². The van der Waals surface area contributed by atoms with Crippen LogP contribution in [0.5, 0.6) is 11.5 Å². The van der Waals surface area contributed by atoms with E-state index in [0.29, 0.717) is 12.3 Å². The number of ether oxygens (including phenoxy) is 2. The molecular formula is C16H22F2N2O3. The van der Waals surface area contributed by atoms with Crippen LogP contribution in [0.3, 0.4) is 0 Å². The molecule has 0 aliphatic carbocycles. The Morgan fingerprint density at radius 3 is 2.70 bits per heavy atom. The van der Waals surface area contributed by atoms with Crippen molar-refractivity contribution in [1.82, 2.24) is 10.2 Å². The van der Waals surface area contributed by atoms with Crippen LogP contribution in [0, 0.1) is 0 Å². The molecular weight excluding hydrogens is 306 g/mol. The van der Waals surface area contributed by atoms with E-state index in [2.05, 4.69) is 15.0 Å². The standard InChI is InChI=1S/C16H22F2N2O3/c1-22-12-5-6-13(14(11-12)23-16(17)18)15(21)19-7-10-20-8-3-2-4-9-20/h5-6,11,16H,2-4,7-10H2,1H3,(H,19,21). The molecule has 1 aromatic carbocycles. The average molecular weight is 328 g/mol. The Hall–Kier alpha value is -1.89. The van der Waals surface area contributed by atoms with Crippen molar-refractivity contribution in [3.63, 3.8) is 0 Å². The third kappa shape index (κ3) is 5.35. The van der Waals surface area contributed by atoms with Crippen molar-refractivity contribution in [1.29, 1.82) is 0 Å². The van der Waals surface area contributed by atoms with Gasteiger partial charge in [-0.3, -0.25) is 4.79 Å². The number of nitrogens with zero attached hydrogens (tertiary/aromatic N) is 1. The number of carbonyl (C=O) groups is 1. The van der Waals surface area contributed by atoms with E-state index in [1.165, 1.54) is 44.6 Å². The number of carbonyl (C=O) groups excluding carboxylic acids is 1. The molecule has 1 fully saturated rings. The first-order chi connectivity index (χ1) is 11.1. The molecule has 0 atom stereocenters. The Labute approximate surface area is 134 Å². The van der Waals surface area contributed by atoms with Crippen molar-refractivity contribution >= 4 is 5.91 Å². The Morgan fingerprint density at radius 1 is 1.30 bits per heavy atom. The molecule has 0 radical (unpaired) electrons. The first-order valence-corrected chi connectivity index (χ1v) is 7.73. The van der Waals surface area contributed by atoms with Gasteiger partial charge in [0, 0.05) is 19.2 Å². The largest absolute Gasteiger partial charge is 0.497 e. The van der Waals surface area contributed by atoms with Gasteiger partial charge < -0.3 is 19.7 Å². The summed E-state index contributed by atoms with van der Waals surface area (Å²) in [6.45, 7) is 0.310. The number of methoxy groups -OCH3 is 1. The van der Waals surface area contributed by atoms with Gasteiger partial charge in [-0.05, 0) is 38.1 Å². The predicted molar refractivity (Wildman–Crippen MR) is 82.3 cm³/mol. The number of nitrogens with one attached hydrogen (secondary N) is 1. The van der Waals surface area contributed by atoms with Gasteiger partial charge in [-0.1, -0.05) is 6.42 Å². The Balaban J connectivity index is 1.94. The Morgan fingerprint density at radius 2 is 2.04 bits per heavy atom. The monoisotopic (exact) mass is 328 g/mol. The summed E-state index contributed by atoms with van der Waals surface area (Å²) in [4.78, 5) is 14.5.